The summed E-state index contributed by atoms with van der Waals surface area (Å²) in [6.07, 6.45) is 0. The minimum atomic E-state index is -0.416. The molecule has 238 valence electrons. The molecular weight excluding hydrogens is 619 g/mol. The van der Waals surface area contributed by atoms with Gasteiger partial charge >= 0.3 is 0 Å². The summed E-state index contributed by atoms with van der Waals surface area (Å²) in [5.41, 5.74) is 17.5. The molecule has 2 aliphatic rings. The van der Waals surface area contributed by atoms with Crippen molar-refractivity contribution in [2.24, 2.45) is 0 Å². The van der Waals surface area contributed by atoms with E-state index in [4.69, 9.17) is 4.42 Å². The molecule has 2 aliphatic carbocycles. The van der Waals surface area contributed by atoms with Gasteiger partial charge in [-0.05, 0) is 98.1 Å². The molecule has 1 heterocycles. The fourth-order valence-corrected chi connectivity index (χ4v) is 8.96. The van der Waals surface area contributed by atoms with E-state index in [1.54, 1.807) is 0 Å². The minimum Gasteiger partial charge on any atom is -0.456 e. The second kappa shape index (κ2) is 10.7. The van der Waals surface area contributed by atoms with Crippen LogP contribution in [0.2, 0.25) is 0 Å². The van der Waals surface area contributed by atoms with Gasteiger partial charge in [0.2, 0.25) is 0 Å². The van der Waals surface area contributed by atoms with Crippen LogP contribution < -0.4 is 4.90 Å². The minimum absolute atomic E-state index is 0.416. The Labute approximate surface area is 296 Å². The summed E-state index contributed by atoms with van der Waals surface area (Å²) in [7, 11) is 0. The molecule has 2 nitrogen and oxygen atoms in total. The molecule has 0 unspecified atom stereocenters. The topological polar surface area (TPSA) is 16.4 Å². The highest BCUT2D eigenvalue weighted by Gasteiger charge is 2.51. The number of hydrogen-bond acceptors (Lipinski definition) is 2. The van der Waals surface area contributed by atoms with Gasteiger partial charge in [0.15, 0.2) is 0 Å². The third kappa shape index (κ3) is 3.93. The zero-order valence-corrected chi connectivity index (χ0v) is 27.8. The highest BCUT2D eigenvalue weighted by atomic mass is 16.3. The Morgan fingerprint density at radius 1 is 0.333 bits per heavy atom. The van der Waals surface area contributed by atoms with Crippen molar-refractivity contribution in [2.75, 3.05) is 4.90 Å². The van der Waals surface area contributed by atoms with Gasteiger partial charge in [-0.15, -0.1) is 0 Å². The first-order valence-electron chi connectivity index (χ1n) is 17.6. The Hall–Kier alpha value is -6.64. The van der Waals surface area contributed by atoms with Crippen LogP contribution in [0.15, 0.2) is 192 Å². The van der Waals surface area contributed by atoms with E-state index in [0.717, 1.165) is 39.0 Å². The van der Waals surface area contributed by atoms with Gasteiger partial charge in [0, 0.05) is 33.9 Å². The van der Waals surface area contributed by atoms with Gasteiger partial charge in [-0.2, -0.15) is 0 Å². The lowest BCUT2D eigenvalue weighted by atomic mass is 9.70. The van der Waals surface area contributed by atoms with Crippen molar-refractivity contribution in [1.82, 2.24) is 0 Å². The normalized spacial score (nSPS) is 13.3. The third-order valence-corrected chi connectivity index (χ3v) is 11.1. The Bertz CT molecular complexity index is 2750. The Balaban J connectivity index is 1.16. The van der Waals surface area contributed by atoms with Gasteiger partial charge in [0.25, 0.3) is 0 Å². The van der Waals surface area contributed by atoms with E-state index in [-0.39, 0.29) is 0 Å². The predicted molar refractivity (Wildman–Crippen MR) is 210 cm³/mol. The summed E-state index contributed by atoms with van der Waals surface area (Å²) in [6.45, 7) is 0. The maximum Gasteiger partial charge on any atom is 0.137 e. The first-order valence-corrected chi connectivity index (χ1v) is 17.6. The Kier molecular flexibility index (Phi) is 5.91. The highest BCUT2D eigenvalue weighted by Crippen LogP contribution is 2.63. The SMILES string of the molecule is c1ccc(-c2ccc(N(c3ccc4c(c3)C3(c5ccccc5-c5ccccc53)c3ccccc3-4)c3ccc4c(c3)oc3ccccc34)cc2)cc1. The number of para-hydroxylation sites is 1. The second-order valence-corrected chi connectivity index (χ2v) is 13.6. The van der Waals surface area contributed by atoms with Gasteiger partial charge in [-0.1, -0.05) is 140 Å². The molecule has 8 aromatic carbocycles. The summed E-state index contributed by atoms with van der Waals surface area (Å²) in [6, 6.07) is 68.5. The Morgan fingerprint density at radius 2 is 0.824 bits per heavy atom. The molecule has 51 heavy (non-hydrogen) atoms. The van der Waals surface area contributed by atoms with Crippen molar-refractivity contribution in [3.63, 3.8) is 0 Å². The molecule has 0 bridgehead atoms. The van der Waals surface area contributed by atoms with Crippen LogP contribution in [0.5, 0.6) is 0 Å². The van der Waals surface area contributed by atoms with Crippen LogP contribution in [0.3, 0.4) is 0 Å². The van der Waals surface area contributed by atoms with Crippen LogP contribution in [0.1, 0.15) is 22.3 Å². The average Bonchev–Trinajstić information content (AvgIpc) is 3.82. The molecule has 0 radical (unpaired) electrons. The summed E-state index contributed by atoms with van der Waals surface area (Å²) >= 11 is 0. The van der Waals surface area contributed by atoms with Crippen LogP contribution >= 0.6 is 0 Å². The van der Waals surface area contributed by atoms with Crippen LogP contribution in [0.4, 0.5) is 17.1 Å². The number of furan rings is 1. The summed E-state index contributed by atoms with van der Waals surface area (Å²) in [5, 5.41) is 2.25. The lowest BCUT2D eigenvalue weighted by Crippen LogP contribution is -2.26. The molecule has 0 amide bonds. The number of anilines is 3. The molecule has 9 aromatic rings. The lowest BCUT2D eigenvalue weighted by molar-refractivity contribution is 0.669. The van der Waals surface area contributed by atoms with Crippen LogP contribution in [-0.4, -0.2) is 0 Å². The van der Waals surface area contributed by atoms with Crippen molar-refractivity contribution in [3.8, 4) is 33.4 Å². The molecule has 0 N–H and O–H groups in total. The van der Waals surface area contributed by atoms with Gasteiger partial charge < -0.3 is 9.32 Å². The smallest absolute Gasteiger partial charge is 0.137 e. The molecule has 11 rings (SSSR count). The summed E-state index contributed by atoms with van der Waals surface area (Å²) in [4.78, 5) is 2.38. The van der Waals surface area contributed by atoms with Crippen molar-refractivity contribution in [2.45, 2.75) is 5.41 Å². The molecular formula is C49H31NO. The lowest BCUT2D eigenvalue weighted by Gasteiger charge is -2.32. The number of nitrogens with zero attached hydrogens (tertiary/aromatic N) is 1. The number of hydrogen-bond donors (Lipinski definition) is 0. The molecule has 2 heteroatoms. The van der Waals surface area contributed by atoms with Gasteiger partial charge in [-0.3, -0.25) is 0 Å². The first-order chi connectivity index (χ1) is 25.3. The van der Waals surface area contributed by atoms with E-state index in [0.29, 0.717) is 0 Å². The van der Waals surface area contributed by atoms with Crippen LogP contribution in [0.25, 0.3) is 55.3 Å². The zero-order valence-electron chi connectivity index (χ0n) is 27.8. The zero-order chi connectivity index (χ0) is 33.5. The predicted octanol–water partition coefficient (Wildman–Crippen LogP) is 13.1. The van der Waals surface area contributed by atoms with E-state index >= 15 is 0 Å². The molecule has 0 aliphatic heterocycles. The maximum absolute atomic E-state index is 6.44. The number of fused-ring (bicyclic) bond motifs is 13. The molecule has 0 saturated carbocycles. The van der Waals surface area contributed by atoms with Gasteiger partial charge in [-0.25, -0.2) is 0 Å². The monoisotopic (exact) mass is 649 g/mol. The Morgan fingerprint density at radius 3 is 1.51 bits per heavy atom. The highest BCUT2D eigenvalue weighted by molar-refractivity contribution is 6.06. The molecule has 0 atom stereocenters. The average molecular weight is 650 g/mol. The van der Waals surface area contributed by atoms with E-state index in [2.05, 4.69) is 181 Å². The van der Waals surface area contributed by atoms with E-state index in [1.165, 1.54) is 55.6 Å². The van der Waals surface area contributed by atoms with E-state index in [9.17, 15) is 0 Å². The molecule has 0 fully saturated rings. The van der Waals surface area contributed by atoms with Gasteiger partial charge in [0.05, 0.1) is 5.41 Å². The largest absolute Gasteiger partial charge is 0.456 e. The summed E-state index contributed by atoms with van der Waals surface area (Å²) in [5.74, 6) is 0. The van der Waals surface area contributed by atoms with Crippen molar-refractivity contribution in [1.29, 1.82) is 0 Å². The third-order valence-electron chi connectivity index (χ3n) is 11.1. The number of rotatable bonds is 4. The number of benzene rings is 8. The maximum atomic E-state index is 6.44. The van der Waals surface area contributed by atoms with E-state index < -0.39 is 5.41 Å². The summed E-state index contributed by atoms with van der Waals surface area (Å²) < 4.78 is 6.44. The van der Waals surface area contributed by atoms with Crippen LogP contribution in [0, 0.1) is 0 Å². The van der Waals surface area contributed by atoms with Crippen LogP contribution in [-0.2, 0) is 5.41 Å². The second-order valence-electron chi connectivity index (χ2n) is 13.6. The fourth-order valence-electron chi connectivity index (χ4n) is 8.96. The molecule has 0 saturated heterocycles. The van der Waals surface area contributed by atoms with Crippen molar-refractivity contribution < 1.29 is 4.42 Å². The molecule has 1 spiro atoms. The van der Waals surface area contributed by atoms with E-state index in [1.807, 2.05) is 12.1 Å². The van der Waals surface area contributed by atoms with Crippen molar-refractivity contribution >= 4 is 39.0 Å². The standard InChI is InChI=1S/C49H31NO/c1-2-12-32(13-3-1)33-22-24-34(25-23-33)50(36-27-29-42-41-17-7-11-21-47(41)51-48(42)31-36)35-26-28-40-39-16-6-10-20-45(39)49(46(40)30-35)43-18-8-4-14-37(43)38-15-5-9-19-44(38)49/h1-31H. The fraction of sp³-hybridized carbons (Fsp3) is 0.0204. The first kappa shape index (κ1) is 28.2. The van der Waals surface area contributed by atoms with Gasteiger partial charge in [0.1, 0.15) is 11.2 Å². The quantitative estimate of drug-likeness (QED) is 0.189. The molecule has 1 aromatic heterocycles. The van der Waals surface area contributed by atoms with Crippen molar-refractivity contribution in [3.05, 3.63) is 210 Å².